The van der Waals surface area contributed by atoms with Crippen LogP contribution in [0.25, 0.3) is 22.0 Å². The molecule has 2 aromatic carbocycles. The number of nitrogens with one attached hydrogen (secondary N) is 1. The third kappa shape index (κ3) is 4.20. The second-order valence-corrected chi connectivity index (χ2v) is 6.89. The zero-order chi connectivity index (χ0) is 18.5. The first-order valence-electron chi connectivity index (χ1n) is 9.47. The third-order valence-electron chi connectivity index (χ3n) is 5.02. The van der Waals surface area contributed by atoms with Crippen LogP contribution >= 0.6 is 0 Å². The molecule has 4 rings (SSSR count). The molecule has 0 radical (unpaired) electrons. The molecule has 0 saturated carbocycles. The van der Waals surface area contributed by atoms with Crippen LogP contribution in [0.3, 0.4) is 0 Å². The number of pyridine rings is 1. The molecule has 1 N–H and O–H groups in total. The van der Waals surface area contributed by atoms with Crippen LogP contribution in [0.2, 0.25) is 0 Å². The van der Waals surface area contributed by atoms with Gasteiger partial charge in [0.15, 0.2) is 0 Å². The monoisotopic (exact) mass is 356 g/mol. The van der Waals surface area contributed by atoms with Gasteiger partial charge in [-0.05, 0) is 78.6 Å². The van der Waals surface area contributed by atoms with E-state index in [1.165, 1.54) is 46.1 Å². The molecule has 2 heterocycles. The second kappa shape index (κ2) is 8.09. The number of aryl methyl sites for hydroxylation is 2. The van der Waals surface area contributed by atoms with E-state index >= 15 is 0 Å². The summed E-state index contributed by atoms with van der Waals surface area (Å²) in [4.78, 5) is 7.75. The topological polar surface area (TPSA) is 37.9 Å². The molecular weight excluding hydrogens is 332 g/mol. The second-order valence-electron chi connectivity index (χ2n) is 6.89. The van der Waals surface area contributed by atoms with Gasteiger partial charge in [0.2, 0.25) is 0 Å². The van der Waals surface area contributed by atoms with E-state index in [1.807, 2.05) is 24.5 Å². The van der Waals surface area contributed by atoms with Crippen LogP contribution in [0.15, 0.2) is 73.1 Å². The van der Waals surface area contributed by atoms with Crippen LogP contribution in [-0.2, 0) is 12.8 Å². The molecular formula is C24H24N2O. The molecule has 0 unspecified atom stereocenters. The molecule has 0 saturated heterocycles. The largest absolute Gasteiger partial charge is 0.497 e. The number of unbranched alkanes of at least 4 members (excludes halogenated alkanes) is 1. The van der Waals surface area contributed by atoms with Gasteiger partial charge in [-0.15, -0.1) is 0 Å². The van der Waals surface area contributed by atoms with Crippen molar-refractivity contribution in [1.29, 1.82) is 0 Å². The van der Waals surface area contributed by atoms with Gasteiger partial charge in [0, 0.05) is 29.2 Å². The average molecular weight is 356 g/mol. The molecule has 0 fully saturated rings. The van der Waals surface area contributed by atoms with E-state index in [0.29, 0.717) is 0 Å². The SMILES string of the molecule is COc1ccc(CCCCc2ccc(-c3ccc4cnccc4c3)[nH]2)cc1. The Labute approximate surface area is 160 Å². The van der Waals surface area contributed by atoms with Crippen LogP contribution < -0.4 is 4.74 Å². The van der Waals surface area contributed by atoms with Crippen molar-refractivity contribution in [3.63, 3.8) is 0 Å². The summed E-state index contributed by atoms with van der Waals surface area (Å²) in [6.07, 6.45) is 8.29. The summed E-state index contributed by atoms with van der Waals surface area (Å²) in [5.41, 5.74) is 5.07. The highest BCUT2D eigenvalue weighted by Crippen LogP contribution is 2.24. The quantitative estimate of drug-likeness (QED) is 0.425. The maximum atomic E-state index is 5.21. The van der Waals surface area contributed by atoms with Crippen LogP contribution in [-0.4, -0.2) is 17.1 Å². The summed E-state index contributed by atoms with van der Waals surface area (Å²) >= 11 is 0. The molecule has 0 atom stereocenters. The fraction of sp³-hybridized carbons (Fsp3) is 0.208. The zero-order valence-corrected chi connectivity index (χ0v) is 15.6. The first-order chi connectivity index (χ1) is 13.3. The van der Waals surface area contributed by atoms with Crippen LogP contribution in [0.1, 0.15) is 24.1 Å². The van der Waals surface area contributed by atoms with Crippen molar-refractivity contribution in [3.8, 4) is 17.0 Å². The van der Waals surface area contributed by atoms with Crippen molar-refractivity contribution in [2.75, 3.05) is 7.11 Å². The molecule has 0 aliphatic carbocycles. The zero-order valence-electron chi connectivity index (χ0n) is 15.6. The van der Waals surface area contributed by atoms with Crippen LogP contribution in [0, 0.1) is 0 Å². The lowest BCUT2D eigenvalue weighted by molar-refractivity contribution is 0.414. The van der Waals surface area contributed by atoms with E-state index in [2.05, 4.69) is 58.5 Å². The minimum absolute atomic E-state index is 0.919. The molecule has 27 heavy (non-hydrogen) atoms. The summed E-state index contributed by atoms with van der Waals surface area (Å²) in [6, 6.07) is 21.3. The summed E-state index contributed by atoms with van der Waals surface area (Å²) in [5.74, 6) is 0.919. The van der Waals surface area contributed by atoms with E-state index in [0.717, 1.165) is 18.6 Å². The Bertz CT molecular complexity index is 1020. The van der Waals surface area contributed by atoms with Gasteiger partial charge in [-0.2, -0.15) is 0 Å². The van der Waals surface area contributed by atoms with Crippen molar-refractivity contribution >= 4 is 10.8 Å². The molecule has 0 spiro atoms. The van der Waals surface area contributed by atoms with Gasteiger partial charge >= 0.3 is 0 Å². The Kier molecular flexibility index (Phi) is 5.20. The van der Waals surface area contributed by atoms with Gasteiger partial charge in [0.1, 0.15) is 5.75 Å². The predicted molar refractivity (Wildman–Crippen MR) is 111 cm³/mol. The molecule has 3 heteroatoms. The number of benzene rings is 2. The molecule has 4 aromatic rings. The Balaban J connectivity index is 1.33. The summed E-state index contributed by atoms with van der Waals surface area (Å²) in [6.45, 7) is 0. The third-order valence-corrected chi connectivity index (χ3v) is 5.02. The Morgan fingerprint density at radius 1 is 0.852 bits per heavy atom. The van der Waals surface area contributed by atoms with Gasteiger partial charge in [0.25, 0.3) is 0 Å². The number of H-pyrrole nitrogens is 1. The summed E-state index contributed by atoms with van der Waals surface area (Å²) < 4.78 is 5.21. The highest BCUT2D eigenvalue weighted by molar-refractivity contribution is 5.86. The number of rotatable bonds is 7. The van der Waals surface area contributed by atoms with E-state index in [-0.39, 0.29) is 0 Å². The molecule has 0 amide bonds. The standard InChI is InChI=1S/C24H24N2O/c1-27-23-11-6-18(7-12-23)4-2-3-5-22-10-13-24(26-22)20-8-9-21-17-25-15-14-19(21)16-20/h6-17,26H,2-5H2,1H3. The van der Waals surface area contributed by atoms with Gasteiger partial charge in [-0.3, -0.25) is 4.98 Å². The highest BCUT2D eigenvalue weighted by atomic mass is 16.5. The van der Waals surface area contributed by atoms with Crippen LogP contribution in [0.4, 0.5) is 0 Å². The molecule has 0 bridgehead atoms. The summed E-state index contributed by atoms with van der Waals surface area (Å²) in [7, 11) is 1.70. The summed E-state index contributed by atoms with van der Waals surface area (Å²) in [5, 5.41) is 2.39. The normalized spacial score (nSPS) is 11.0. The van der Waals surface area contributed by atoms with Crippen molar-refractivity contribution in [2.24, 2.45) is 0 Å². The number of aromatic amines is 1. The number of fused-ring (bicyclic) bond motifs is 1. The number of methoxy groups -OCH3 is 1. The number of hydrogen-bond donors (Lipinski definition) is 1. The predicted octanol–water partition coefficient (Wildman–Crippen LogP) is 5.80. The maximum Gasteiger partial charge on any atom is 0.118 e. The first-order valence-corrected chi connectivity index (χ1v) is 9.47. The van der Waals surface area contributed by atoms with Crippen molar-refractivity contribution in [3.05, 3.63) is 84.3 Å². The lowest BCUT2D eigenvalue weighted by Crippen LogP contribution is -1.90. The van der Waals surface area contributed by atoms with Gasteiger partial charge in [-0.25, -0.2) is 0 Å². The number of aromatic nitrogens is 2. The van der Waals surface area contributed by atoms with Crippen molar-refractivity contribution in [1.82, 2.24) is 9.97 Å². The minimum Gasteiger partial charge on any atom is -0.497 e. The smallest absolute Gasteiger partial charge is 0.118 e. The van der Waals surface area contributed by atoms with Gasteiger partial charge in [-0.1, -0.05) is 24.3 Å². The number of ether oxygens (including phenoxy) is 1. The van der Waals surface area contributed by atoms with E-state index in [9.17, 15) is 0 Å². The van der Waals surface area contributed by atoms with E-state index < -0.39 is 0 Å². The van der Waals surface area contributed by atoms with E-state index in [4.69, 9.17) is 4.74 Å². The Hall–Kier alpha value is -3.07. The Morgan fingerprint density at radius 2 is 1.70 bits per heavy atom. The molecule has 136 valence electrons. The van der Waals surface area contributed by atoms with Gasteiger partial charge < -0.3 is 9.72 Å². The number of nitrogens with zero attached hydrogens (tertiary/aromatic N) is 1. The molecule has 0 aliphatic heterocycles. The van der Waals surface area contributed by atoms with Crippen molar-refractivity contribution < 1.29 is 4.74 Å². The number of hydrogen-bond acceptors (Lipinski definition) is 2. The lowest BCUT2D eigenvalue weighted by Gasteiger charge is -2.04. The average Bonchev–Trinajstić information content (AvgIpc) is 3.20. The Morgan fingerprint density at radius 3 is 2.56 bits per heavy atom. The minimum atomic E-state index is 0.919. The van der Waals surface area contributed by atoms with Gasteiger partial charge in [0.05, 0.1) is 7.11 Å². The first kappa shape index (κ1) is 17.3. The molecule has 3 nitrogen and oxygen atoms in total. The maximum absolute atomic E-state index is 5.21. The molecule has 2 aromatic heterocycles. The molecule has 0 aliphatic rings. The highest BCUT2D eigenvalue weighted by Gasteiger charge is 2.04. The van der Waals surface area contributed by atoms with Crippen LogP contribution in [0.5, 0.6) is 5.75 Å². The lowest BCUT2D eigenvalue weighted by atomic mass is 10.1. The van der Waals surface area contributed by atoms with Crippen molar-refractivity contribution in [2.45, 2.75) is 25.7 Å². The van der Waals surface area contributed by atoms with E-state index in [1.54, 1.807) is 7.11 Å². The fourth-order valence-electron chi connectivity index (χ4n) is 3.44. The fourth-order valence-corrected chi connectivity index (χ4v) is 3.44.